The fourth-order valence-electron chi connectivity index (χ4n) is 0.851. The molecular formula is C7H16NdO2P+. The van der Waals surface area contributed by atoms with Gasteiger partial charge in [-0.1, -0.05) is 26.2 Å². The van der Waals surface area contributed by atoms with Gasteiger partial charge >= 0.3 is 8.03 Å². The van der Waals surface area contributed by atoms with Gasteiger partial charge in [0, 0.05) is 40.8 Å². The summed E-state index contributed by atoms with van der Waals surface area (Å²) in [7, 11) is -1.87. The standard InChI is InChI=1S/C7H15O2P.Nd/c1-2-3-4-5-6-7-10(8)9;/h2-7H2,1H3;/p+1. The third-order valence-electron chi connectivity index (χ3n) is 1.45. The van der Waals surface area contributed by atoms with Gasteiger partial charge in [-0.2, -0.15) is 4.89 Å². The molecule has 4 heteroatoms. The molecule has 0 spiro atoms. The van der Waals surface area contributed by atoms with Gasteiger partial charge in [0.15, 0.2) is 6.16 Å². The van der Waals surface area contributed by atoms with Crippen molar-refractivity contribution < 1.29 is 50.3 Å². The summed E-state index contributed by atoms with van der Waals surface area (Å²) >= 11 is 0. The predicted octanol–water partition coefficient (Wildman–Crippen LogP) is 2.69. The molecule has 64 valence electrons. The van der Waals surface area contributed by atoms with E-state index in [1.165, 1.54) is 19.3 Å². The van der Waals surface area contributed by atoms with Gasteiger partial charge in [0.2, 0.25) is 0 Å². The molecule has 0 radical (unpaired) electrons. The van der Waals surface area contributed by atoms with Crippen LogP contribution in [0.1, 0.15) is 39.0 Å². The summed E-state index contributed by atoms with van der Waals surface area (Å²) in [4.78, 5) is 8.42. The Morgan fingerprint density at radius 2 is 1.73 bits per heavy atom. The Balaban J connectivity index is 0. The van der Waals surface area contributed by atoms with Crippen LogP contribution in [0.15, 0.2) is 0 Å². The fraction of sp³-hybridized carbons (Fsp3) is 1.00. The van der Waals surface area contributed by atoms with Gasteiger partial charge in [-0.25, -0.2) is 0 Å². The Hall–Kier alpha value is 1.41. The molecule has 0 saturated carbocycles. The predicted molar refractivity (Wildman–Crippen MR) is 43.5 cm³/mol. The van der Waals surface area contributed by atoms with Crippen molar-refractivity contribution >= 4 is 8.03 Å². The van der Waals surface area contributed by atoms with E-state index < -0.39 is 8.03 Å². The molecule has 1 N–H and O–H groups in total. The zero-order valence-corrected chi connectivity index (χ0v) is 11.1. The zero-order valence-electron chi connectivity index (χ0n) is 7.05. The van der Waals surface area contributed by atoms with Crippen LogP contribution < -0.4 is 0 Å². The largest absolute Gasteiger partial charge is 0.505 e. The van der Waals surface area contributed by atoms with Crippen LogP contribution in [0.3, 0.4) is 0 Å². The van der Waals surface area contributed by atoms with Gasteiger partial charge < -0.3 is 0 Å². The maximum Gasteiger partial charge on any atom is 0.505 e. The Labute approximate surface area is 103 Å². The van der Waals surface area contributed by atoms with Crippen molar-refractivity contribution in [2.75, 3.05) is 6.16 Å². The quantitative estimate of drug-likeness (QED) is 0.605. The second-order valence-corrected chi connectivity index (χ2v) is 3.64. The van der Waals surface area contributed by atoms with Crippen molar-refractivity contribution in [1.29, 1.82) is 0 Å². The molecule has 0 aliphatic heterocycles. The molecular weight excluding hydrogens is 291 g/mol. The first-order valence-electron chi connectivity index (χ1n) is 3.91. The summed E-state index contributed by atoms with van der Waals surface area (Å²) < 4.78 is 10.2. The Morgan fingerprint density at radius 3 is 2.18 bits per heavy atom. The summed E-state index contributed by atoms with van der Waals surface area (Å²) in [6.45, 7) is 2.16. The van der Waals surface area contributed by atoms with Crippen LogP contribution in [0, 0.1) is 40.8 Å². The molecule has 0 aromatic carbocycles. The molecule has 0 saturated heterocycles. The maximum absolute atomic E-state index is 10.2. The minimum absolute atomic E-state index is 0. The van der Waals surface area contributed by atoms with Crippen LogP contribution in [-0.4, -0.2) is 11.1 Å². The molecule has 2 nitrogen and oxygen atoms in total. The SMILES string of the molecule is CCCCCCC[P+](=O)O.[Nd]. The van der Waals surface area contributed by atoms with E-state index in [0.29, 0.717) is 6.16 Å². The monoisotopic (exact) mass is 305 g/mol. The van der Waals surface area contributed by atoms with E-state index in [1.54, 1.807) is 0 Å². The van der Waals surface area contributed by atoms with E-state index in [4.69, 9.17) is 4.89 Å². The van der Waals surface area contributed by atoms with Gasteiger partial charge in [-0.15, -0.1) is 0 Å². The van der Waals surface area contributed by atoms with E-state index in [1.807, 2.05) is 0 Å². The van der Waals surface area contributed by atoms with Crippen LogP contribution in [0.5, 0.6) is 0 Å². The Kier molecular flexibility index (Phi) is 15.5. The summed E-state index contributed by atoms with van der Waals surface area (Å²) in [6, 6.07) is 0. The topological polar surface area (TPSA) is 37.3 Å². The first kappa shape index (κ1) is 14.9. The maximum atomic E-state index is 10.2. The van der Waals surface area contributed by atoms with Crippen molar-refractivity contribution in [1.82, 2.24) is 0 Å². The van der Waals surface area contributed by atoms with Crippen molar-refractivity contribution in [2.45, 2.75) is 39.0 Å². The molecule has 1 atom stereocenters. The summed E-state index contributed by atoms with van der Waals surface area (Å²) in [5.74, 6) is 0. The average Bonchev–Trinajstić information content (AvgIpc) is 1.87. The molecule has 0 aliphatic rings. The normalized spacial score (nSPS) is 10.5. The first-order valence-corrected chi connectivity index (χ1v) is 5.30. The van der Waals surface area contributed by atoms with Crippen molar-refractivity contribution in [3.05, 3.63) is 0 Å². The second kappa shape index (κ2) is 11.4. The van der Waals surface area contributed by atoms with Gasteiger partial charge in [-0.05, 0) is 17.4 Å². The molecule has 0 aromatic rings. The molecule has 1 unspecified atom stereocenters. The first-order chi connectivity index (χ1) is 4.77. The molecule has 0 fully saturated rings. The minimum Gasteiger partial charge on any atom is -0.161 e. The third-order valence-corrected chi connectivity index (χ3v) is 2.15. The van der Waals surface area contributed by atoms with Gasteiger partial charge in [0.05, 0.1) is 0 Å². The van der Waals surface area contributed by atoms with E-state index in [2.05, 4.69) is 6.92 Å². The van der Waals surface area contributed by atoms with Crippen LogP contribution >= 0.6 is 8.03 Å². The van der Waals surface area contributed by atoms with E-state index in [0.717, 1.165) is 12.8 Å². The van der Waals surface area contributed by atoms with Crippen LogP contribution in [0.2, 0.25) is 0 Å². The number of hydrogen-bond acceptors (Lipinski definition) is 1. The number of rotatable bonds is 6. The molecule has 0 bridgehead atoms. The van der Waals surface area contributed by atoms with Crippen molar-refractivity contribution in [3.8, 4) is 0 Å². The van der Waals surface area contributed by atoms with Crippen molar-refractivity contribution in [3.63, 3.8) is 0 Å². The smallest absolute Gasteiger partial charge is 0.161 e. The summed E-state index contributed by atoms with van der Waals surface area (Å²) in [5, 5.41) is 0. The zero-order chi connectivity index (χ0) is 7.82. The Morgan fingerprint density at radius 1 is 1.18 bits per heavy atom. The molecule has 0 amide bonds. The summed E-state index contributed by atoms with van der Waals surface area (Å²) in [5.41, 5.74) is 0. The van der Waals surface area contributed by atoms with Crippen LogP contribution in [0.4, 0.5) is 0 Å². The minimum atomic E-state index is -1.87. The van der Waals surface area contributed by atoms with E-state index in [9.17, 15) is 4.57 Å². The van der Waals surface area contributed by atoms with Gasteiger partial charge in [0.25, 0.3) is 0 Å². The number of unbranched alkanes of at least 4 members (excludes halogenated alkanes) is 4. The summed E-state index contributed by atoms with van der Waals surface area (Å²) in [6.07, 6.45) is 6.19. The van der Waals surface area contributed by atoms with Gasteiger partial charge in [0.1, 0.15) is 0 Å². The molecule has 0 heterocycles. The molecule has 0 aliphatic carbocycles. The number of hydrogen-bond donors (Lipinski definition) is 1. The van der Waals surface area contributed by atoms with Crippen molar-refractivity contribution in [2.24, 2.45) is 0 Å². The van der Waals surface area contributed by atoms with Crippen LogP contribution in [0.25, 0.3) is 0 Å². The molecule has 0 rings (SSSR count). The fourth-order valence-corrected chi connectivity index (χ4v) is 1.34. The molecule has 0 aromatic heterocycles. The van der Waals surface area contributed by atoms with E-state index >= 15 is 0 Å². The van der Waals surface area contributed by atoms with Gasteiger partial charge in [-0.3, -0.25) is 0 Å². The average molecular weight is 307 g/mol. The van der Waals surface area contributed by atoms with Crippen LogP contribution in [-0.2, 0) is 4.57 Å². The molecule has 11 heavy (non-hydrogen) atoms. The Bertz CT molecular complexity index is 98.4. The third kappa shape index (κ3) is 14.3. The second-order valence-electron chi connectivity index (χ2n) is 2.49. The van der Waals surface area contributed by atoms with E-state index in [-0.39, 0.29) is 40.8 Å².